The van der Waals surface area contributed by atoms with Crippen LogP contribution in [0.2, 0.25) is 0 Å². The van der Waals surface area contributed by atoms with Crippen LogP contribution < -0.4 is 0 Å². The Bertz CT molecular complexity index is 297. The summed E-state index contributed by atoms with van der Waals surface area (Å²) in [6.45, 7) is 2.66. The van der Waals surface area contributed by atoms with E-state index < -0.39 is 12.0 Å². The number of aliphatic carboxylic acids is 1. The molecule has 1 rings (SSSR count). The minimum absolute atomic E-state index is 0.541. The minimum atomic E-state index is -0.805. The highest BCUT2D eigenvalue weighted by molar-refractivity contribution is 5.75. The summed E-state index contributed by atoms with van der Waals surface area (Å²) in [7, 11) is 1.81. The smallest absolute Gasteiger partial charge is 0.325 e. The van der Waals surface area contributed by atoms with Crippen LogP contribution in [0.1, 0.15) is 18.5 Å². The van der Waals surface area contributed by atoms with E-state index in [1.165, 1.54) is 0 Å². The van der Waals surface area contributed by atoms with Crippen molar-refractivity contribution in [2.75, 3.05) is 13.6 Å². The van der Waals surface area contributed by atoms with Crippen molar-refractivity contribution in [3.05, 3.63) is 35.9 Å². The maximum atomic E-state index is 11.1. The Labute approximate surface area is 84.0 Å². The number of rotatable bonds is 4. The van der Waals surface area contributed by atoms with Crippen LogP contribution in [-0.2, 0) is 4.79 Å². The Kier molecular flexibility index (Phi) is 3.65. The van der Waals surface area contributed by atoms with Gasteiger partial charge in [0.15, 0.2) is 0 Å². The monoisotopic (exact) mass is 193 g/mol. The third kappa shape index (κ3) is 2.33. The van der Waals surface area contributed by atoms with Gasteiger partial charge in [-0.1, -0.05) is 37.3 Å². The summed E-state index contributed by atoms with van der Waals surface area (Å²) in [5.74, 6) is -0.805. The summed E-state index contributed by atoms with van der Waals surface area (Å²) in [5.41, 5.74) is 0.823. The van der Waals surface area contributed by atoms with E-state index >= 15 is 0 Å². The van der Waals surface area contributed by atoms with E-state index in [4.69, 9.17) is 5.11 Å². The molecule has 0 bridgehead atoms. The molecule has 1 atom stereocenters. The molecule has 0 saturated heterocycles. The fourth-order valence-electron chi connectivity index (χ4n) is 1.40. The topological polar surface area (TPSA) is 40.5 Å². The molecule has 1 aromatic carbocycles. The second-order valence-electron chi connectivity index (χ2n) is 3.22. The highest BCUT2D eigenvalue weighted by atomic mass is 16.4. The second-order valence-corrected chi connectivity index (χ2v) is 3.22. The van der Waals surface area contributed by atoms with Crippen molar-refractivity contribution in [3.8, 4) is 0 Å². The summed E-state index contributed by atoms with van der Waals surface area (Å²) in [6.07, 6.45) is 0. The summed E-state index contributed by atoms with van der Waals surface area (Å²) < 4.78 is 0. The highest BCUT2D eigenvalue weighted by Gasteiger charge is 2.22. The fraction of sp³-hybridized carbons (Fsp3) is 0.364. The van der Waals surface area contributed by atoms with Crippen molar-refractivity contribution >= 4 is 5.97 Å². The molecular weight excluding hydrogens is 178 g/mol. The molecule has 76 valence electrons. The lowest BCUT2D eigenvalue weighted by atomic mass is 10.1. The Hall–Kier alpha value is -1.35. The van der Waals surface area contributed by atoms with Crippen LogP contribution in [0.15, 0.2) is 30.3 Å². The Balaban J connectivity index is 2.95. The molecule has 1 aromatic rings. The van der Waals surface area contributed by atoms with Crippen molar-refractivity contribution in [2.45, 2.75) is 13.0 Å². The maximum absolute atomic E-state index is 11.1. The molecule has 0 spiro atoms. The Morgan fingerprint density at radius 3 is 2.43 bits per heavy atom. The minimum Gasteiger partial charge on any atom is -0.480 e. The highest BCUT2D eigenvalue weighted by Crippen LogP contribution is 2.18. The van der Waals surface area contributed by atoms with Gasteiger partial charge >= 0.3 is 5.97 Å². The van der Waals surface area contributed by atoms with Crippen molar-refractivity contribution in [3.63, 3.8) is 0 Å². The first-order chi connectivity index (χ1) is 6.66. The molecule has 0 fully saturated rings. The van der Waals surface area contributed by atoms with Crippen molar-refractivity contribution < 1.29 is 9.90 Å². The van der Waals surface area contributed by atoms with Crippen LogP contribution in [0.3, 0.4) is 0 Å². The van der Waals surface area contributed by atoms with E-state index in [2.05, 4.69) is 0 Å². The lowest BCUT2D eigenvalue weighted by Gasteiger charge is -2.23. The molecule has 0 aliphatic heterocycles. The summed E-state index contributed by atoms with van der Waals surface area (Å²) >= 11 is 0. The van der Waals surface area contributed by atoms with Crippen molar-refractivity contribution in [1.82, 2.24) is 4.90 Å². The van der Waals surface area contributed by atoms with Gasteiger partial charge in [0, 0.05) is 0 Å². The standard InChI is InChI=1S/C11H15NO2/c1-3-12(2)10(11(13)14)9-7-5-4-6-8-9/h4-8,10H,3H2,1-2H3,(H,13,14)/t10-/m0/s1. The molecule has 3 nitrogen and oxygen atoms in total. The Morgan fingerprint density at radius 1 is 1.43 bits per heavy atom. The fourth-order valence-corrected chi connectivity index (χ4v) is 1.40. The molecule has 3 heteroatoms. The second kappa shape index (κ2) is 4.77. The predicted octanol–water partition coefficient (Wildman–Crippen LogP) is 1.76. The van der Waals surface area contributed by atoms with Gasteiger partial charge in [0.2, 0.25) is 0 Å². The van der Waals surface area contributed by atoms with Gasteiger partial charge in [-0.15, -0.1) is 0 Å². The number of nitrogens with zero attached hydrogens (tertiary/aromatic N) is 1. The van der Waals surface area contributed by atoms with E-state index in [9.17, 15) is 4.79 Å². The molecule has 0 heterocycles. The Morgan fingerprint density at radius 2 is 2.00 bits per heavy atom. The molecule has 0 unspecified atom stereocenters. The number of hydrogen-bond acceptors (Lipinski definition) is 2. The first-order valence-electron chi connectivity index (χ1n) is 4.64. The van der Waals surface area contributed by atoms with Crippen LogP contribution >= 0.6 is 0 Å². The van der Waals surface area contributed by atoms with E-state index in [0.29, 0.717) is 6.54 Å². The lowest BCUT2D eigenvalue weighted by Crippen LogP contribution is -2.30. The molecule has 0 saturated carbocycles. The van der Waals surface area contributed by atoms with Gasteiger partial charge in [-0.2, -0.15) is 0 Å². The zero-order chi connectivity index (χ0) is 10.6. The van der Waals surface area contributed by atoms with Gasteiger partial charge in [-0.05, 0) is 19.2 Å². The number of likely N-dealkylation sites (N-methyl/N-ethyl adjacent to an activating group) is 1. The van der Waals surface area contributed by atoms with Crippen LogP contribution in [0.25, 0.3) is 0 Å². The van der Waals surface area contributed by atoms with Crippen molar-refractivity contribution in [1.29, 1.82) is 0 Å². The van der Waals surface area contributed by atoms with Gasteiger partial charge in [0.25, 0.3) is 0 Å². The number of benzene rings is 1. The van der Waals surface area contributed by atoms with Gasteiger partial charge < -0.3 is 5.11 Å². The SMILES string of the molecule is CCN(C)[C@H](C(=O)O)c1ccccc1. The van der Waals surface area contributed by atoms with Crippen LogP contribution in [0.4, 0.5) is 0 Å². The third-order valence-electron chi connectivity index (χ3n) is 2.29. The quantitative estimate of drug-likeness (QED) is 0.792. The van der Waals surface area contributed by atoms with E-state index in [1.54, 1.807) is 4.90 Å². The van der Waals surface area contributed by atoms with Crippen LogP contribution in [-0.4, -0.2) is 29.6 Å². The third-order valence-corrected chi connectivity index (χ3v) is 2.29. The predicted molar refractivity (Wildman–Crippen MR) is 55.1 cm³/mol. The zero-order valence-corrected chi connectivity index (χ0v) is 8.47. The van der Waals surface area contributed by atoms with E-state index in [1.807, 2.05) is 44.3 Å². The van der Waals surface area contributed by atoms with Gasteiger partial charge in [-0.25, -0.2) is 0 Å². The molecule has 0 aromatic heterocycles. The number of carboxylic acids is 1. The van der Waals surface area contributed by atoms with Crippen molar-refractivity contribution in [2.24, 2.45) is 0 Å². The molecule has 0 radical (unpaired) electrons. The summed E-state index contributed by atoms with van der Waals surface area (Å²) in [6, 6.07) is 8.73. The molecule has 0 aliphatic rings. The van der Waals surface area contributed by atoms with Crippen LogP contribution in [0, 0.1) is 0 Å². The maximum Gasteiger partial charge on any atom is 0.325 e. The van der Waals surface area contributed by atoms with E-state index in [0.717, 1.165) is 5.56 Å². The van der Waals surface area contributed by atoms with Gasteiger partial charge in [0.05, 0.1) is 0 Å². The van der Waals surface area contributed by atoms with Gasteiger partial charge in [0.1, 0.15) is 6.04 Å². The molecule has 1 N–H and O–H groups in total. The van der Waals surface area contributed by atoms with E-state index in [-0.39, 0.29) is 0 Å². The molecule has 14 heavy (non-hydrogen) atoms. The van der Waals surface area contributed by atoms with Crippen LogP contribution in [0.5, 0.6) is 0 Å². The average Bonchev–Trinajstić information content (AvgIpc) is 2.19. The number of hydrogen-bond donors (Lipinski definition) is 1. The molecular formula is C11H15NO2. The largest absolute Gasteiger partial charge is 0.480 e. The summed E-state index contributed by atoms with van der Waals surface area (Å²) in [4.78, 5) is 12.9. The zero-order valence-electron chi connectivity index (χ0n) is 8.47. The lowest BCUT2D eigenvalue weighted by molar-refractivity contribution is -0.143. The number of carboxylic acid groups (broad SMARTS) is 1. The van der Waals surface area contributed by atoms with Gasteiger partial charge in [-0.3, -0.25) is 9.69 Å². The molecule has 0 amide bonds. The first-order valence-corrected chi connectivity index (χ1v) is 4.64. The normalized spacial score (nSPS) is 12.8. The first kappa shape index (κ1) is 10.7. The average molecular weight is 193 g/mol. The summed E-state index contributed by atoms with van der Waals surface area (Å²) in [5, 5.41) is 9.09. The molecule has 0 aliphatic carbocycles. The number of carbonyl (C=O) groups is 1.